The summed E-state index contributed by atoms with van der Waals surface area (Å²) in [6.07, 6.45) is 4.11. The van der Waals surface area contributed by atoms with Crippen LogP contribution in [0.1, 0.15) is 35.7 Å². The monoisotopic (exact) mass is 453 g/mol. The Morgan fingerprint density at radius 2 is 2.09 bits per heavy atom. The molecule has 9 nitrogen and oxygen atoms in total. The fourth-order valence-electron chi connectivity index (χ4n) is 3.77. The van der Waals surface area contributed by atoms with Gasteiger partial charge in [-0.15, -0.1) is 16.4 Å². The number of aromatic nitrogens is 4. The summed E-state index contributed by atoms with van der Waals surface area (Å²) in [5, 5.41) is 9.59. The van der Waals surface area contributed by atoms with Gasteiger partial charge in [0.1, 0.15) is 11.2 Å². The first-order valence-electron chi connectivity index (χ1n) is 10.1. The normalized spacial score (nSPS) is 15.4. The predicted octanol–water partition coefficient (Wildman–Crippen LogP) is 3.76. The van der Waals surface area contributed by atoms with Gasteiger partial charge in [0.05, 0.1) is 38.0 Å². The third-order valence-electron chi connectivity index (χ3n) is 5.33. The van der Waals surface area contributed by atoms with Crippen LogP contribution in [0.2, 0.25) is 0 Å². The SMILES string of the molecule is COc1ccc(/C=N/OCc2nc3c4c5c(sc4ncn3n2)COC(C)(C)C5)cc1OC. The number of fused-ring (bicyclic) bond motifs is 5. The van der Waals surface area contributed by atoms with Crippen LogP contribution < -0.4 is 9.47 Å². The van der Waals surface area contributed by atoms with Crippen molar-refractivity contribution in [2.75, 3.05) is 14.2 Å². The number of benzene rings is 1. The summed E-state index contributed by atoms with van der Waals surface area (Å²) < 4.78 is 18.2. The maximum atomic E-state index is 5.96. The molecular formula is C22H23N5O4S. The van der Waals surface area contributed by atoms with Crippen molar-refractivity contribution in [3.05, 3.63) is 46.4 Å². The van der Waals surface area contributed by atoms with Crippen LogP contribution in [0.15, 0.2) is 29.7 Å². The summed E-state index contributed by atoms with van der Waals surface area (Å²) in [5.74, 6) is 1.82. The number of methoxy groups -OCH3 is 2. The molecule has 0 unspecified atom stereocenters. The van der Waals surface area contributed by atoms with Crippen molar-refractivity contribution in [1.82, 2.24) is 19.6 Å². The van der Waals surface area contributed by atoms with E-state index < -0.39 is 0 Å². The van der Waals surface area contributed by atoms with Gasteiger partial charge in [-0.2, -0.15) is 0 Å². The summed E-state index contributed by atoms with van der Waals surface area (Å²) >= 11 is 1.66. The summed E-state index contributed by atoms with van der Waals surface area (Å²) in [6.45, 7) is 4.96. The van der Waals surface area contributed by atoms with E-state index in [4.69, 9.17) is 24.0 Å². The highest BCUT2D eigenvalue weighted by atomic mass is 32.1. The molecule has 0 radical (unpaired) electrons. The lowest BCUT2D eigenvalue weighted by atomic mass is 9.94. The average molecular weight is 454 g/mol. The number of hydrogen-bond acceptors (Lipinski definition) is 9. The second-order valence-corrected chi connectivity index (χ2v) is 9.16. The molecule has 32 heavy (non-hydrogen) atoms. The fourth-order valence-corrected chi connectivity index (χ4v) is 4.84. The molecule has 0 fully saturated rings. The van der Waals surface area contributed by atoms with E-state index >= 15 is 0 Å². The van der Waals surface area contributed by atoms with Crippen LogP contribution in [-0.2, 0) is 29.2 Å². The average Bonchev–Trinajstić information content (AvgIpc) is 3.36. The highest BCUT2D eigenvalue weighted by Gasteiger charge is 2.30. The molecule has 0 atom stereocenters. The first-order chi connectivity index (χ1) is 15.5. The van der Waals surface area contributed by atoms with Crippen LogP contribution in [0.4, 0.5) is 0 Å². The molecular weight excluding hydrogens is 430 g/mol. The molecule has 10 heteroatoms. The smallest absolute Gasteiger partial charge is 0.192 e. The zero-order valence-corrected chi connectivity index (χ0v) is 19.1. The van der Waals surface area contributed by atoms with Crippen molar-refractivity contribution in [3.63, 3.8) is 0 Å². The van der Waals surface area contributed by atoms with E-state index in [9.17, 15) is 0 Å². The van der Waals surface area contributed by atoms with Gasteiger partial charge in [0.25, 0.3) is 0 Å². The van der Waals surface area contributed by atoms with Gasteiger partial charge in [0, 0.05) is 16.9 Å². The number of oxime groups is 1. The highest BCUT2D eigenvalue weighted by Crippen LogP contribution is 2.39. The molecule has 0 bridgehead atoms. The Kier molecular flexibility index (Phi) is 5.18. The third-order valence-corrected chi connectivity index (χ3v) is 6.44. The largest absolute Gasteiger partial charge is 0.493 e. The molecule has 1 aliphatic rings. The molecule has 3 aromatic heterocycles. The predicted molar refractivity (Wildman–Crippen MR) is 121 cm³/mol. The van der Waals surface area contributed by atoms with Crippen LogP contribution in [0.3, 0.4) is 0 Å². The maximum Gasteiger partial charge on any atom is 0.192 e. The standard InChI is InChI=1S/C22H23N5O4S/c1-22(2)8-14-17(10-30-22)32-21-19(14)20-25-18(26-27(20)12-23-21)11-31-24-9-13-5-6-15(28-3)16(7-13)29-4/h5-7,9,12H,8,10-11H2,1-4H3/b24-9+. The second-order valence-electron chi connectivity index (χ2n) is 8.07. The molecule has 1 aromatic carbocycles. The molecule has 0 aliphatic carbocycles. The number of hydrogen-bond donors (Lipinski definition) is 0. The van der Waals surface area contributed by atoms with E-state index in [1.165, 1.54) is 10.4 Å². The second kappa shape index (κ2) is 8.03. The van der Waals surface area contributed by atoms with Crippen LogP contribution >= 0.6 is 11.3 Å². The maximum absolute atomic E-state index is 5.96. The van der Waals surface area contributed by atoms with Crippen LogP contribution in [0.25, 0.3) is 15.9 Å². The summed E-state index contributed by atoms with van der Waals surface area (Å²) in [5.41, 5.74) is 2.66. The number of rotatable bonds is 6. The topological polar surface area (TPSA) is 92.4 Å². The first kappa shape index (κ1) is 20.7. The Balaban J connectivity index is 1.36. The lowest BCUT2D eigenvalue weighted by Crippen LogP contribution is -2.31. The van der Waals surface area contributed by atoms with Crippen LogP contribution in [0.5, 0.6) is 11.5 Å². The van der Waals surface area contributed by atoms with E-state index in [1.54, 1.807) is 42.6 Å². The van der Waals surface area contributed by atoms with Gasteiger partial charge in [0.2, 0.25) is 0 Å². The number of nitrogens with zero attached hydrogens (tertiary/aromatic N) is 5. The fraction of sp³-hybridized carbons (Fsp3) is 0.364. The van der Waals surface area contributed by atoms with E-state index in [2.05, 4.69) is 29.1 Å². The van der Waals surface area contributed by atoms with Gasteiger partial charge in [-0.3, -0.25) is 0 Å². The lowest BCUT2D eigenvalue weighted by Gasteiger charge is -2.30. The van der Waals surface area contributed by atoms with Gasteiger partial charge in [0.15, 0.2) is 29.6 Å². The van der Waals surface area contributed by atoms with Gasteiger partial charge < -0.3 is 19.0 Å². The van der Waals surface area contributed by atoms with Gasteiger partial charge in [-0.1, -0.05) is 5.16 Å². The minimum absolute atomic E-state index is 0.147. The summed E-state index contributed by atoms with van der Waals surface area (Å²) in [6, 6.07) is 5.50. The molecule has 4 heterocycles. The zero-order chi connectivity index (χ0) is 22.3. The van der Waals surface area contributed by atoms with Crippen molar-refractivity contribution in [1.29, 1.82) is 0 Å². The summed E-state index contributed by atoms with van der Waals surface area (Å²) in [4.78, 5) is 16.9. The molecule has 1 aliphatic heterocycles. The molecule has 0 saturated heterocycles. The molecule has 166 valence electrons. The van der Waals surface area contributed by atoms with Gasteiger partial charge in [-0.25, -0.2) is 14.5 Å². The van der Waals surface area contributed by atoms with E-state index in [-0.39, 0.29) is 12.2 Å². The Hall–Kier alpha value is -3.24. The number of thiophene rings is 1. The Morgan fingerprint density at radius 3 is 2.91 bits per heavy atom. The Labute approximate surface area is 188 Å². The minimum atomic E-state index is -0.210. The van der Waals surface area contributed by atoms with Crippen molar-refractivity contribution < 1.29 is 19.0 Å². The molecule has 0 amide bonds. The highest BCUT2D eigenvalue weighted by molar-refractivity contribution is 7.19. The summed E-state index contributed by atoms with van der Waals surface area (Å²) in [7, 11) is 3.19. The van der Waals surface area contributed by atoms with Crippen LogP contribution in [0, 0.1) is 0 Å². The Bertz CT molecular complexity index is 1330. The molecule has 4 aromatic rings. The lowest BCUT2D eigenvalue weighted by molar-refractivity contribution is -0.0379. The zero-order valence-electron chi connectivity index (χ0n) is 18.3. The molecule has 5 rings (SSSR count). The van der Waals surface area contributed by atoms with Crippen molar-refractivity contribution in [2.24, 2.45) is 5.16 Å². The number of ether oxygens (including phenoxy) is 3. The molecule has 0 N–H and O–H groups in total. The van der Waals surface area contributed by atoms with Crippen LogP contribution in [-0.4, -0.2) is 45.6 Å². The Morgan fingerprint density at radius 1 is 1.25 bits per heavy atom. The first-order valence-corrected chi connectivity index (χ1v) is 10.9. The van der Waals surface area contributed by atoms with E-state index in [0.717, 1.165) is 27.8 Å². The quantitative estimate of drug-likeness (QED) is 0.324. The van der Waals surface area contributed by atoms with Crippen molar-refractivity contribution >= 4 is 33.4 Å². The van der Waals surface area contributed by atoms with Crippen molar-refractivity contribution in [3.8, 4) is 11.5 Å². The minimum Gasteiger partial charge on any atom is -0.493 e. The molecule has 0 spiro atoms. The van der Waals surface area contributed by atoms with E-state index in [1.807, 2.05) is 18.2 Å². The third kappa shape index (κ3) is 3.76. The van der Waals surface area contributed by atoms with Gasteiger partial charge in [-0.05, 0) is 37.6 Å². The van der Waals surface area contributed by atoms with Gasteiger partial charge >= 0.3 is 0 Å². The molecule has 0 saturated carbocycles. The van der Waals surface area contributed by atoms with E-state index in [0.29, 0.717) is 23.9 Å². The van der Waals surface area contributed by atoms with Crippen molar-refractivity contribution in [2.45, 2.75) is 39.1 Å².